The molecule has 3 aromatic carbocycles. The number of nitrogens with zero attached hydrogens (tertiary/aromatic N) is 1. The second kappa shape index (κ2) is 13.2. The van der Waals surface area contributed by atoms with Crippen LogP contribution in [-0.4, -0.2) is 29.3 Å². The molecule has 33 heavy (non-hydrogen) atoms. The highest BCUT2D eigenvalue weighted by molar-refractivity contribution is 5.88. The lowest BCUT2D eigenvalue weighted by Crippen LogP contribution is -2.50. The number of benzene rings is 3. The highest BCUT2D eigenvalue weighted by Crippen LogP contribution is 2.17. The van der Waals surface area contributed by atoms with Gasteiger partial charge >= 0.3 is 0 Å². The maximum absolute atomic E-state index is 13.5. The molecule has 4 heteroatoms. The van der Waals surface area contributed by atoms with Crippen LogP contribution in [0.1, 0.15) is 42.9 Å². The molecule has 2 amide bonds. The molecule has 0 fully saturated rings. The molecule has 0 heterocycles. The average Bonchev–Trinajstić information content (AvgIpc) is 2.86. The van der Waals surface area contributed by atoms with Crippen LogP contribution in [0.15, 0.2) is 91.0 Å². The summed E-state index contributed by atoms with van der Waals surface area (Å²) in [5, 5.41) is 3.07. The predicted molar refractivity (Wildman–Crippen MR) is 134 cm³/mol. The summed E-state index contributed by atoms with van der Waals surface area (Å²) in [6, 6.07) is 29.3. The fourth-order valence-corrected chi connectivity index (χ4v) is 3.88. The van der Waals surface area contributed by atoms with E-state index in [2.05, 4.69) is 12.2 Å². The number of amides is 2. The first-order valence-corrected chi connectivity index (χ1v) is 11.9. The number of rotatable bonds is 12. The monoisotopic (exact) mass is 442 g/mol. The molecule has 3 aromatic rings. The van der Waals surface area contributed by atoms with E-state index in [1.54, 1.807) is 4.90 Å². The number of hydrogen-bond donors (Lipinski definition) is 1. The molecule has 0 aliphatic rings. The number of carbonyl (C=O) groups is 2. The summed E-state index contributed by atoms with van der Waals surface area (Å²) in [6.07, 6.45) is 3.44. The first-order valence-electron chi connectivity index (χ1n) is 11.9. The normalized spacial score (nSPS) is 11.5. The van der Waals surface area contributed by atoms with Crippen molar-refractivity contribution in [2.45, 2.75) is 51.6 Å². The third-order valence-electron chi connectivity index (χ3n) is 5.77. The van der Waals surface area contributed by atoms with E-state index in [4.69, 9.17) is 0 Å². The molecule has 1 atom stereocenters. The molecular formula is C29H34N2O2. The maximum atomic E-state index is 13.5. The van der Waals surface area contributed by atoms with Crippen LogP contribution in [0.4, 0.5) is 0 Å². The van der Waals surface area contributed by atoms with Crippen LogP contribution in [0.25, 0.3) is 0 Å². The van der Waals surface area contributed by atoms with Crippen molar-refractivity contribution in [2.75, 3.05) is 6.54 Å². The van der Waals surface area contributed by atoms with Gasteiger partial charge in [0.25, 0.3) is 0 Å². The number of carbonyl (C=O) groups excluding carboxylic acids is 2. The van der Waals surface area contributed by atoms with E-state index in [0.29, 0.717) is 32.4 Å². The molecular weight excluding hydrogens is 408 g/mol. The minimum atomic E-state index is -0.562. The highest BCUT2D eigenvalue weighted by Gasteiger charge is 2.30. The van der Waals surface area contributed by atoms with Crippen LogP contribution in [-0.2, 0) is 29.0 Å². The Morgan fingerprint density at radius 1 is 0.788 bits per heavy atom. The summed E-state index contributed by atoms with van der Waals surface area (Å²) in [6.45, 7) is 3.13. The number of hydrogen-bond acceptors (Lipinski definition) is 2. The van der Waals surface area contributed by atoms with Gasteiger partial charge in [-0.25, -0.2) is 0 Å². The summed E-state index contributed by atoms with van der Waals surface area (Å²) in [7, 11) is 0. The van der Waals surface area contributed by atoms with Gasteiger partial charge in [0.05, 0.1) is 0 Å². The lowest BCUT2D eigenvalue weighted by molar-refractivity contribution is -0.141. The van der Waals surface area contributed by atoms with Crippen molar-refractivity contribution in [1.82, 2.24) is 10.2 Å². The first-order chi connectivity index (χ1) is 16.2. The number of aryl methyl sites for hydroxylation is 1. The number of unbranched alkanes of at least 4 members (excludes halogenated alkanes) is 1. The van der Waals surface area contributed by atoms with Crippen molar-refractivity contribution in [3.63, 3.8) is 0 Å². The smallest absolute Gasteiger partial charge is 0.243 e. The summed E-state index contributed by atoms with van der Waals surface area (Å²) in [5.74, 6) is -0.0921. The van der Waals surface area contributed by atoms with E-state index in [1.165, 1.54) is 0 Å². The molecule has 0 saturated heterocycles. The van der Waals surface area contributed by atoms with Crippen LogP contribution in [0.2, 0.25) is 0 Å². The Morgan fingerprint density at radius 2 is 1.33 bits per heavy atom. The molecule has 0 saturated carbocycles. The highest BCUT2D eigenvalue weighted by atomic mass is 16.2. The Hall–Kier alpha value is -3.40. The van der Waals surface area contributed by atoms with Crippen LogP contribution in [0, 0.1) is 0 Å². The summed E-state index contributed by atoms with van der Waals surface area (Å²) < 4.78 is 0. The van der Waals surface area contributed by atoms with Crippen molar-refractivity contribution >= 4 is 11.8 Å². The van der Waals surface area contributed by atoms with Gasteiger partial charge in [0.15, 0.2) is 0 Å². The summed E-state index contributed by atoms with van der Waals surface area (Å²) >= 11 is 0. The quantitative estimate of drug-likeness (QED) is 0.393. The van der Waals surface area contributed by atoms with E-state index in [1.807, 2.05) is 91.0 Å². The van der Waals surface area contributed by atoms with Gasteiger partial charge in [-0.2, -0.15) is 0 Å². The molecule has 0 unspecified atom stereocenters. The third kappa shape index (κ3) is 7.90. The lowest BCUT2D eigenvalue weighted by atomic mass is 10.0. The topological polar surface area (TPSA) is 49.4 Å². The van der Waals surface area contributed by atoms with Gasteiger partial charge in [0.1, 0.15) is 6.04 Å². The van der Waals surface area contributed by atoms with Gasteiger partial charge in [-0.1, -0.05) is 104 Å². The Bertz CT molecular complexity index is 974. The maximum Gasteiger partial charge on any atom is 0.243 e. The zero-order valence-corrected chi connectivity index (χ0v) is 19.5. The Morgan fingerprint density at radius 3 is 1.91 bits per heavy atom. The molecule has 0 aliphatic heterocycles. The van der Waals surface area contributed by atoms with Gasteiger partial charge in [0, 0.05) is 25.9 Å². The Kier molecular flexibility index (Phi) is 9.71. The first kappa shape index (κ1) is 24.2. The zero-order chi connectivity index (χ0) is 23.3. The van der Waals surface area contributed by atoms with Crippen molar-refractivity contribution in [3.05, 3.63) is 108 Å². The standard InChI is InChI=1S/C29H34N2O2/c1-2-3-21-30-29(33)27(22-25-15-9-5-10-16-25)31(23-26-17-11-6-12-18-26)28(32)20-19-24-13-7-4-8-14-24/h4-18,27H,2-3,19-23H2,1H3,(H,30,33)/t27-/m0/s1. The van der Waals surface area contributed by atoms with Crippen molar-refractivity contribution < 1.29 is 9.59 Å². The van der Waals surface area contributed by atoms with E-state index in [0.717, 1.165) is 29.5 Å². The number of nitrogens with one attached hydrogen (secondary N) is 1. The minimum absolute atomic E-state index is 0.00530. The lowest BCUT2D eigenvalue weighted by Gasteiger charge is -2.31. The molecule has 0 spiro atoms. The van der Waals surface area contributed by atoms with E-state index in [9.17, 15) is 9.59 Å². The predicted octanol–water partition coefficient (Wildman–Crippen LogP) is 5.18. The molecule has 4 nitrogen and oxygen atoms in total. The van der Waals surface area contributed by atoms with Crippen LogP contribution in [0.5, 0.6) is 0 Å². The third-order valence-corrected chi connectivity index (χ3v) is 5.77. The molecule has 0 aliphatic carbocycles. The SMILES string of the molecule is CCCCNC(=O)[C@H](Cc1ccccc1)N(Cc1ccccc1)C(=O)CCc1ccccc1. The van der Waals surface area contributed by atoms with Crippen LogP contribution < -0.4 is 5.32 Å². The van der Waals surface area contributed by atoms with Gasteiger partial charge in [-0.3, -0.25) is 9.59 Å². The van der Waals surface area contributed by atoms with Crippen molar-refractivity contribution in [2.24, 2.45) is 0 Å². The van der Waals surface area contributed by atoms with Crippen LogP contribution >= 0.6 is 0 Å². The second-order valence-corrected chi connectivity index (χ2v) is 8.34. The molecule has 0 radical (unpaired) electrons. The molecule has 3 rings (SSSR count). The molecule has 172 valence electrons. The van der Waals surface area contributed by atoms with Gasteiger partial charge in [-0.15, -0.1) is 0 Å². The minimum Gasteiger partial charge on any atom is -0.354 e. The van der Waals surface area contributed by atoms with Gasteiger partial charge in [-0.05, 0) is 29.5 Å². The second-order valence-electron chi connectivity index (χ2n) is 8.34. The largest absolute Gasteiger partial charge is 0.354 e. The fourth-order valence-electron chi connectivity index (χ4n) is 3.88. The Labute approximate surface area is 197 Å². The summed E-state index contributed by atoms with van der Waals surface area (Å²) in [5.41, 5.74) is 3.18. The van der Waals surface area contributed by atoms with E-state index in [-0.39, 0.29) is 11.8 Å². The fraction of sp³-hybridized carbons (Fsp3) is 0.310. The average molecular weight is 443 g/mol. The Balaban J connectivity index is 1.85. The van der Waals surface area contributed by atoms with Crippen LogP contribution in [0.3, 0.4) is 0 Å². The summed E-state index contributed by atoms with van der Waals surface area (Å²) in [4.78, 5) is 28.6. The van der Waals surface area contributed by atoms with E-state index < -0.39 is 6.04 Å². The molecule has 0 bridgehead atoms. The van der Waals surface area contributed by atoms with Crippen molar-refractivity contribution in [3.8, 4) is 0 Å². The van der Waals surface area contributed by atoms with Crippen molar-refractivity contribution in [1.29, 1.82) is 0 Å². The zero-order valence-electron chi connectivity index (χ0n) is 19.5. The van der Waals surface area contributed by atoms with Gasteiger partial charge in [0.2, 0.25) is 11.8 Å². The molecule has 0 aromatic heterocycles. The van der Waals surface area contributed by atoms with E-state index >= 15 is 0 Å². The molecule has 1 N–H and O–H groups in total. The van der Waals surface area contributed by atoms with Gasteiger partial charge < -0.3 is 10.2 Å².